The Morgan fingerprint density at radius 3 is 1.90 bits per heavy atom. The van der Waals surface area contributed by atoms with Gasteiger partial charge in [0, 0.05) is 0 Å². The molecule has 1 rings (SSSR count). The molecule has 20 heavy (non-hydrogen) atoms. The van der Waals surface area contributed by atoms with Gasteiger partial charge in [0.2, 0.25) is 0 Å². The molecule has 1 aromatic carbocycles. The molecule has 110 valence electrons. The standard InChI is InChI=1S/C19H30Si/c1-6-20(7-2,8-3)16-19(15-14-17(4)5)18-12-10-9-11-13-18/h9-15H,6-8,16H2,1-5H3/b19-15+. The third-order valence-electron chi connectivity index (χ3n) is 4.58. The van der Waals surface area contributed by atoms with Crippen molar-refractivity contribution < 1.29 is 0 Å². The van der Waals surface area contributed by atoms with Crippen molar-refractivity contribution in [3.8, 4) is 0 Å². The molecule has 0 aliphatic carbocycles. The van der Waals surface area contributed by atoms with Crippen molar-refractivity contribution in [1.29, 1.82) is 0 Å². The lowest BCUT2D eigenvalue weighted by atomic mass is 10.1. The highest BCUT2D eigenvalue weighted by Crippen LogP contribution is 2.33. The minimum atomic E-state index is -1.13. The van der Waals surface area contributed by atoms with E-state index in [0.717, 1.165) is 0 Å². The number of allylic oxidation sites excluding steroid dienone is 4. The summed E-state index contributed by atoms with van der Waals surface area (Å²) in [5.41, 5.74) is 4.30. The maximum absolute atomic E-state index is 2.39. The number of hydrogen-bond acceptors (Lipinski definition) is 0. The van der Waals surface area contributed by atoms with Gasteiger partial charge in [0.25, 0.3) is 0 Å². The molecule has 1 aromatic rings. The molecule has 0 N–H and O–H groups in total. The van der Waals surface area contributed by atoms with Gasteiger partial charge >= 0.3 is 0 Å². The van der Waals surface area contributed by atoms with Crippen LogP contribution >= 0.6 is 0 Å². The van der Waals surface area contributed by atoms with Crippen molar-refractivity contribution in [1.82, 2.24) is 0 Å². The normalized spacial score (nSPS) is 12.3. The van der Waals surface area contributed by atoms with Gasteiger partial charge in [0.05, 0.1) is 8.07 Å². The second kappa shape index (κ2) is 8.26. The molecule has 0 bridgehead atoms. The summed E-state index contributed by atoms with van der Waals surface area (Å²) < 4.78 is 0. The average Bonchev–Trinajstić information content (AvgIpc) is 2.49. The summed E-state index contributed by atoms with van der Waals surface area (Å²) in [7, 11) is -1.13. The van der Waals surface area contributed by atoms with Gasteiger partial charge in [0.15, 0.2) is 0 Å². The van der Waals surface area contributed by atoms with Gasteiger partial charge in [-0.15, -0.1) is 0 Å². The lowest BCUT2D eigenvalue weighted by Crippen LogP contribution is -2.31. The Balaban J connectivity index is 3.13. The molecule has 0 heterocycles. The first kappa shape index (κ1) is 17.0. The van der Waals surface area contributed by atoms with Crippen LogP contribution in [0, 0.1) is 0 Å². The highest BCUT2D eigenvalue weighted by Gasteiger charge is 2.27. The Hall–Kier alpha value is -1.08. The molecule has 0 saturated heterocycles. The molecular weight excluding hydrogens is 256 g/mol. The van der Waals surface area contributed by atoms with Crippen LogP contribution < -0.4 is 0 Å². The minimum absolute atomic E-state index is 1.13. The van der Waals surface area contributed by atoms with Crippen LogP contribution in [0.5, 0.6) is 0 Å². The lowest BCUT2D eigenvalue weighted by molar-refractivity contribution is 1.15. The molecule has 0 atom stereocenters. The summed E-state index contributed by atoms with van der Waals surface area (Å²) in [6.45, 7) is 11.5. The Labute approximate surface area is 126 Å². The molecule has 0 spiro atoms. The molecule has 0 saturated carbocycles. The van der Waals surface area contributed by atoms with Crippen LogP contribution in [-0.2, 0) is 0 Å². The molecule has 0 fully saturated rings. The molecule has 0 unspecified atom stereocenters. The molecule has 0 radical (unpaired) electrons. The van der Waals surface area contributed by atoms with Gasteiger partial charge in [-0.2, -0.15) is 0 Å². The van der Waals surface area contributed by atoms with E-state index >= 15 is 0 Å². The van der Waals surface area contributed by atoms with E-state index < -0.39 is 8.07 Å². The van der Waals surface area contributed by atoms with Crippen LogP contribution in [0.2, 0.25) is 24.2 Å². The summed E-state index contributed by atoms with van der Waals surface area (Å²) in [6, 6.07) is 16.4. The predicted molar refractivity (Wildman–Crippen MR) is 95.9 cm³/mol. The molecule has 0 nitrogen and oxygen atoms in total. The van der Waals surface area contributed by atoms with Crippen LogP contribution in [-0.4, -0.2) is 8.07 Å². The summed E-state index contributed by atoms with van der Waals surface area (Å²) >= 11 is 0. The Morgan fingerprint density at radius 2 is 1.45 bits per heavy atom. The molecular formula is C19H30Si. The topological polar surface area (TPSA) is 0 Å². The quantitative estimate of drug-likeness (QED) is 0.394. The maximum atomic E-state index is 2.39. The molecule has 0 aromatic heterocycles. The van der Waals surface area contributed by atoms with Crippen molar-refractivity contribution in [2.75, 3.05) is 0 Å². The fourth-order valence-electron chi connectivity index (χ4n) is 2.71. The minimum Gasteiger partial charge on any atom is -0.0764 e. The van der Waals surface area contributed by atoms with Crippen LogP contribution in [0.25, 0.3) is 5.57 Å². The lowest BCUT2D eigenvalue weighted by Gasteiger charge is -2.29. The second-order valence-corrected chi connectivity index (χ2v) is 11.5. The average molecular weight is 287 g/mol. The molecule has 0 amide bonds. The van der Waals surface area contributed by atoms with Crippen molar-refractivity contribution in [3.63, 3.8) is 0 Å². The summed E-state index contributed by atoms with van der Waals surface area (Å²) in [5, 5.41) is 0. The van der Waals surface area contributed by atoms with Crippen molar-refractivity contribution in [3.05, 3.63) is 53.6 Å². The fourth-order valence-corrected chi connectivity index (χ4v) is 6.09. The highest BCUT2D eigenvalue weighted by molar-refractivity contribution is 6.81. The van der Waals surface area contributed by atoms with Crippen LogP contribution in [0.3, 0.4) is 0 Å². The Kier molecular flexibility index (Phi) is 7.01. The Bertz CT molecular complexity index is 438. The first-order chi connectivity index (χ1) is 9.56. The molecule has 1 heteroatoms. The van der Waals surface area contributed by atoms with E-state index in [1.165, 1.54) is 40.9 Å². The van der Waals surface area contributed by atoms with E-state index in [9.17, 15) is 0 Å². The van der Waals surface area contributed by atoms with Gasteiger partial charge < -0.3 is 0 Å². The first-order valence-electron chi connectivity index (χ1n) is 7.96. The number of hydrogen-bond donors (Lipinski definition) is 0. The molecule has 0 aliphatic rings. The largest absolute Gasteiger partial charge is 0.0764 e. The van der Waals surface area contributed by atoms with E-state index in [0.29, 0.717) is 0 Å². The van der Waals surface area contributed by atoms with E-state index in [-0.39, 0.29) is 0 Å². The van der Waals surface area contributed by atoms with E-state index in [1.807, 2.05) is 0 Å². The SMILES string of the molecule is CC[Si](CC)(CC)C/C(=C\C=C(C)C)c1ccccc1. The fraction of sp³-hybridized carbons (Fsp3) is 0.474. The van der Waals surface area contributed by atoms with Crippen LogP contribution in [0.1, 0.15) is 40.2 Å². The molecule has 0 aliphatic heterocycles. The summed E-state index contributed by atoms with van der Waals surface area (Å²) in [5.74, 6) is 0. The second-order valence-electron chi connectivity index (χ2n) is 6.04. The monoisotopic (exact) mass is 286 g/mol. The first-order valence-corrected chi connectivity index (χ1v) is 10.8. The third kappa shape index (κ3) is 4.79. The Morgan fingerprint density at radius 1 is 0.900 bits per heavy atom. The van der Waals surface area contributed by atoms with Crippen molar-refractivity contribution in [2.45, 2.75) is 58.8 Å². The van der Waals surface area contributed by atoms with Gasteiger partial charge in [-0.25, -0.2) is 0 Å². The van der Waals surface area contributed by atoms with Crippen LogP contribution in [0.4, 0.5) is 0 Å². The van der Waals surface area contributed by atoms with Gasteiger partial charge in [-0.05, 0) is 31.0 Å². The smallest absolute Gasteiger partial charge is 0.0571 e. The highest BCUT2D eigenvalue weighted by atomic mass is 28.3. The van der Waals surface area contributed by atoms with Gasteiger partial charge in [0.1, 0.15) is 0 Å². The maximum Gasteiger partial charge on any atom is 0.0571 e. The summed E-state index contributed by atoms with van der Waals surface area (Å²) in [4.78, 5) is 0. The number of benzene rings is 1. The summed E-state index contributed by atoms with van der Waals surface area (Å²) in [6.07, 6.45) is 4.62. The van der Waals surface area contributed by atoms with E-state index in [4.69, 9.17) is 0 Å². The zero-order chi connectivity index (χ0) is 15.0. The van der Waals surface area contributed by atoms with Crippen molar-refractivity contribution in [2.24, 2.45) is 0 Å². The zero-order valence-electron chi connectivity index (χ0n) is 13.9. The third-order valence-corrected chi connectivity index (χ3v) is 10.2. The van der Waals surface area contributed by atoms with Crippen LogP contribution in [0.15, 0.2) is 48.1 Å². The predicted octanol–water partition coefficient (Wildman–Crippen LogP) is 6.54. The zero-order valence-corrected chi connectivity index (χ0v) is 14.9. The van der Waals surface area contributed by atoms with Gasteiger partial charge in [-0.1, -0.05) is 87.0 Å². The van der Waals surface area contributed by atoms with Crippen molar-refractivity contribution >= 4 is 13.6 Å². The van der Waals surface area contributed by atoms with E-state index in [1.54, 1.807) is 0 Å². The van der Waals surface area contributed by atoms with E-state index in [2.05, 4.69) is 77.1 Å². The number of rotatable bonds is 7. The van der Waals surface area contributed by atoms with Gasteiger partial charge in [-0.3, -0.25) is 0 Å².